The Balaban J connectivity index is 1.95. The molecule has 3 N–H and O–H groups in total. The molecular weight excluding hydrogens is 236 g/mol. The molecule has 0 aromatic rings. The van der Waals surface area contributed by atoms with Gasteiger partial charge in [0.1, 0.15) is 0 Å². The summed E-state index contributed by atoms with van der Waals surface area (Å²) in [7, 11) is 0. The van der Waals surface area contributed by atoms with Crippen LogP contribution in [-0.4, -0.2) is 42.7 Å². The summed E-state index contributed by atoms with van der Waals surface area (Å²) in [4.78, 5) is 11.5. The van der Waals surface area contributed by atoms with Gasteiger partial charge in [-0.25, -0.2) is 0 Å². The van der Waals surface area contributed by atoms with Crippen molar-refractivity contribution >= 4 is 17.7 Å². The summed E-state index contributed by atoms with van der Waals surface area (Å²) >= 11 is 1.66. The maximum Gasteiger partial charge on any atom is 0.229 e. The third-order valence-electron chi connectivity index (χ3n) is 2.73. The van der Waals surface area contributed by atoms with E-state index in [0.29, 0.717) is 18.4 Å². The molecule has 0 aliphatic carbocycles. The maximum atomic E-state index is 11.5. The highest BCUT2D eigenvalue weighted by molar-refractivity contribution is 7.99. The minimum absolute atomic E-state index is 0.103. The van der Waals surface area contributed by atoms with E-state index in [-0.39, 0.29) is 11.9 Å². The molecular formula is C12H24N2O2S. The van der Waals surface area contributed by atoms with Gasteiger partial charge in [0.15, 0.2) is 0 Å². The van der Waals surface area contributed by atoms with Crippen LogP contribution in [-0.2, 0) is 9.53 Å². The Hall–Kier alpha value is -0.260. The number of rotatable bonds is 7. The summed E-state index contributed by atoms with van der Waals surface area (Å²) in [6.45, 7) is 3.50. The fourth-order valence-electron chi connectivity index (χ4n) is 1.71. The van der Waals surface area contributed by atoms with Gasteiger partial charge in [-0.15, -0.1) is 11.8 Å². The second-order valence-corrected chi connectivity index (χ2v) is 5.65. The van der Waals surface area contributed by atoms with E-state index in [1.54, 1.807) is 11.8 Å². The molecule has 0 aromatic heterocycles. The van der Waals surface area contributed by atoms with Gasteiger partial charge < -0.3 is 15.8 Å². The average molecular weight is 260 g/mol. The fraction of sp³-hybridized carbons (Fsp3) is 0.917. The van der Waals surface area contributed by atoms with E-state index in [1.165, 1.54) is 12.8 Å². The first-order chi connectivity index (χ1) is 8.18. The van der Waals surface area contributed by atoms with Crippen molar-refractivity contribution < 1.29 is 9.53 Å². The molecule has 17 heavy (non-hydrogen) atoms. The van der Waals surface area contributed by atoms with Gasteiger partial charge in [0, 0.05) is 24.9 Å². The summed E-state index contributed by atoms with van der Waals surface area (Å²) in [6.07, 6.45) is 4.76. The molecule has 1 heterocycles. The number of thioether (sulfide) groups is 1. The average Bonchev–Trinajstić information content (AvgIpc) is 2.30. The summed E-state index contributed by atoms with van der Waals surface area (Å²) in [5.41, 5.74) is 5.60. The molecule has 1 fully saturated rings. The molecule has 1 saturated heterocycles. The van der Waals surface area contributed by atoms with Crippen LogP contribution >= 0.6 is 11.8 Å². The molecule has 0 saturated carbocycles. The van der Waals surface area contributed by atoms with Crippen molar-refractivity contribution in [3.63, 3.8) is 0 Å². The van der Waals surface area contributed by atoms with E-state index in [1.807, 2.05) is 6.92 Å². The molecule has 0 bridgehead atoms. The van der Waals surface area contributed by atoms with Crippen molar-refractivity contribution in [1.82, 2.24) is 5.32 Å². The topological polar surface area (TPSA) is 64.3 Å². The quantitative estimate of drug-likeness (QED) is 0.720. The van der Waals surface area contributed by atoms with Crippen molar-refractivity contribution in [2.24, 2.45) is 5.73 Å². The van der Waals surface area contributed by atoms with Gasteiger partial charge in [-0.05, 0) is 32.6 Å². The van der Waals surface area contributed by atoms with Gasteiger partial charge in [0.05, 0.1) is 11.9 Å². The Morgan fingerprint density at radius 3 is 3.06 bits per heavy atom. The first-order valence-corrected chi connectivity index (χ1v) is 7.55. The minimum Gasteiger partial charge on any atom is -0.377 e. The van der Waals surface area contributed by atoms with Crippen molar-refractivity contribution in [3.05, 3.63) is 0 Å². The lowest BCUT2D eigenvalue weighted by molar-refractivity contribution is -0.118. The number of hydrogen-bond donors (Lipinski definition) is 2. The molecule has 1 aliphatic heterocycles. The summed E-state index contributed by atoms with van der Waals surface area (Å²) in [5, 5.41) is 2.87. The normalized spacial score (nSPS) is 22.1. The lowest BCUT2D eigenvalue weighted by atomic mass is 10.1. The Morgan fingerprint density at radius 2 is 2.41 bits per heavy atom. The van der Waals surface area contributed by atoms with Crippen LogP contribution in [0.25, 0.3) is 0 Å². The zero-order chi connectivity index (χ0) is 12.5. The number of ether oxygens (including phenoxy) is 1. The molecule has 2 atom stereocenters. The number of carbonyl (C=O) groups is 1. The molecule has 1 rings (SSSR count). The van der Waals surface area contributed by atoms with Gasteiger partial charge in [-0.2, -0.15) is 0 Å². The zero-order valence-electron chi connectivity index (χ0n) is 10.6. The Morgan fingerprint density at radius 1 is 1.59 bits per heavy atom. The highest BCUT2D eigenvalue weighted by Crippen LogP contribution is 2.16. The molecule has 4 nitrogen and oxygen atoms in total. The first-order valence-electron chi connectivity index (χ1n) is 6.40. The number of hydrogen-bond acceptors (Lipinski definition) is 4. The summed E-state index contributed by atoms with van der Waals surface area (Å²) in [6, 6.07) is 0.151. The molecule has 2 unspecified atom stereocenters. The van der Waals surface area contributed by atoms with Crippen LogP contribution < -0.4 is 11.1 Å². The van der Waals surface area contributed by atoms with E-state index >= 15 is 0 Å². The molecule has 1 aliphatic rings. The third kappa shape index (κ3) is 7.63. The van der Waals surface area contributed by atoms with E-state index in [4.69, 9.17) is 10.5 Å². The van der Waals surface area contributed by atoms with Gasteiger partial charge >= 0.3 is 0 Å². The molecule has 5 heteroatoms. The number of nitrogens with two attached hydrogens (primary N) is 1. The molecule has 0 aromatic carbocycles. The highest BCUT2D eigenvalue weighted by Gasteiger charge is 2.14. The predicted octanol–water partition coefficient (Wildman–Crippen LogP) is 1.14. The minimum atomic E-state index is 0.103. The number of nitrogens with one attached hydrogen (secondary N) is 1. The molecule has 0 radical (unpaired) electrons. The third-order valence-corrected chi connectivity index (χ3v) is 3.81. The van der Waals surface area contributed by atoms with Gasteiger partial charge in [0.2, 0.25) is 5.91 Å². The molecule has 100 valence electrons. The van der Waals surface area contributed by atoms with E-state index in [2.05, 4.69) is 5.32 Å². The van der Waals surface area contributed by atoms with Crippen LogP contribution in [0.4, 0.5) is 0 Å². The summed E-state index contributed by atoms with van der Waals surface area (Å²) < 4.78 is 5.60. The van der Waals surface area contributed by atoms with Gasteiger partial charge in [0.25, 0.3) is 0 Å². The lowest BCUT2D eigenvalue weighted by Crippen LogP contribution is -2.30. The number of carbonyl (C=O) groups excluding carboxylic acids is 1. The second-order valence-electron chi connectivity index (χ2n) is 4.62. The standard InChI is InChI=1S/C12H24N2O2S/c1-10(13)5-6-14-12(15)9-17-8-11-4-2-3-7-16-11/h10-11H,2-9,13H2,1H3,(H,14,15). The van der Waals surface area contributed by atoms with Crippen LogP contribution in [0.2, 0.25) is 0 Å². The van der Waals surface area contributed by atoms with E-state index in [9.17, 15) is 4.79 Å². The van der Waals surface area contributed by atoms with E-state index < -0.39 is 0 Å². The summed E-state index contributed by atoms with van der Waals surface area (Å²) in [5.74, 6) is 1.56. The smallest absolute Gasteiger partial charge is 0.229 e. The Labute approximate surface area is 108 Å². The van der Waals surface area contributed by atoms with Crippen molar-refractivity contribution in [2.45, 2.75) is 44.8 Å². The van der Waals surface area contributed by atoms with Crippen LogP contribution in [0, 0.1) is 0 Å². The number of amides is 1. The lowest BCUT2D eigenvalue weighted by Gasteiger charge is -2.21. The van der Waals surface area contributed by atoms with Gasteiger partial charge in [-0.3, -0.25) is 4.79 Å². The zero-order valence-corrected chi connectivity index (χ0v) is 11.4. The van der Waals surface area contributed by atoms with Crippen molar-refractivity contribution in [2.75, 3.05) is 24.7 Å². The Bertz CT molecular complexity index is 219. The Kier molecular flexibility index (Phi) is 7.64. The molecule has 1 amide bonds. The van der Waals surface area contributed by atoms with Crippen LogP contribution in [0.5, 0.6) is 0 Å². The van der Waals surface area contributed by atoms with Crippen LogP contribution in [0.3, 0.4) is 0 Å². The fourth-order valence-corrected chi connectivity index (χ4v) is 2.64. The van der Waals surface area contributed by atoms with Crippen LogP contribution in [0.15, 0.2) is 0 Å². The molecule has 0 spiro atoms. The maximum absolute atomic E-state index is 11.5. The second kappa shape index (κ2) is 8.78. The monoisotopic (exact) mass is 260 g/mol. The van der Waals surface area contributed by atoms with E-state index in [0.717, 1.165) is 25.2 Å². The van der Waals surface area contributed by atoms with Gasteiger partial charge in [-0.1, -0.05) is 0 Å². The first kappa shape index (κ1) is 14.8. The SMILES string of the molecule is CC(N)CCNC(=O)CSCC1CCCCO1. The van der Waals surface area contributed by atoms with Crippen molar-refractivity contribution in [1.29, 1.82) is 0 Å². The highest BCUT2D eigenvalue weighted by atomic mass is 32.2. The largest absolute Gasteiger partial charge is 0.377 e. The predicted molar refractivity (Wildman–Crippen MR) is 72.2 cm³/mol. The van der Waals surface area contributed by atoms with Crippen LogP contribution in [0.1, 0.15) is 32.6 Å². The van der Waals surface area contributed by atoms with Crippen molar-refractivity contribution in [3.8, 4) is 0 Å².